The maximum atomic E-state index is 11.5. The summed E-state index contributed by atoms with van der Waals surface area (Å²) in [5, 5.41) is 10.9. The van der Waals surface area contributed by atoms with Gasteiger partial charge in [-0.15, -0.1) is 0 Å². The number of methoxy groups -OCH3 is 1. The highest BCUT2D eigenvalue weighted by Crippen LogP contribution is 2.32. The Hall–Kier alpha value is -1.89. The smallest absolute Gasteiger partial charge is 0.307 e. The number of hydrogen-bond acceptors (Lipinski definition) is 6. The Labute approximate surface area is 127 Å². The SMILES string of the molecule is COC(=O)CC1CCCCN1c1ncc([N+](=O)[O-])cc1Cl. The number of pyridine rings is 1. The van der Waals surface area contributed by atoms with Crippen molar-refractivity contribution in [1.29, 1.82) is 0 Å². The quantitative estimate of drug-likeness (QED) is 0.482. The lowest BCUT2D eigenvalue weighted by Gasteiger charge is -2.36. The van der Waals surface area contributed by atoms with Crippen molar-refractivity contribution in [3.05, 3.63) is 27.4 Å². The number of carbonyl (C=O) groups is 1. The molecule has 0 spiro atoms. The molecule has 0 bridgehead atoms. The van der Waals surface area contributed by atoms with E-state index in [0.29, 0.717) is 12.4 Å². The van der Waals surface area contributed by atoms with Gasteiger partial charge in [0, 0.05) is 18.7 Å². The fourth-order valence-corrected chi connectivity index (χ4v) is 2.77. The second-order valence-corrected chi connectivity index (χ2v) is 5.29. The maximum Gasteiger partial charge on any atom is 0.307 e. The molecule has 0 aliphatic carbocycles. The summed E-state index contributed by atoms with van der Waals surface area (Å²) in [7, 11) is 1.35. The van der Waals surface area contributed by atoms with Gasteiger partial charge in [-0.3, -0.25) is 14.9 Å². The maximum absolute atomic E-state index is 11.5. The van der Waals surface area contributed by atoms with Crippen LogP contribution in [0.4, 0.5) is 11.5 Å². The molecule has 1 aliphatic rings. The molecule has 21 heavy (non-hydrogen) atoms. The van der Waals surface area contributed by atoms with Gasteiger partial charge in [0.05, 0.1) is 23.5 Å². The van der Waals surface area contributed by atoms with E-state index in [2.05, 4.69) is 4.98 Å². The van der Waals surface area contributed by atoms with Gasteiger partial charge in [-0.25, -0.2) is 4.98 Å². The van der Waals surface area contributed by atoms with Crippen LogP contribution in [-0.2, 0) is 9.53 Å². The first kappa shape index (κ1) is 15.5. The van der Waals surface area contributed by atoms with E-state index >= 15 is 0 Å². The molecule has 1 unspecified atom stereocenters. The molecule has 0 aromatic carbocycles. The third-order valence-corrected chi connectivity index (χ3v) is 3.83. The number of halogens is 1. The molecule has 1 atom stereocenters. The van der Waals surface area contributed by atoms with Crippen LogP contribution in [0.2, 0.25) is 5.02 Å². The van der Waals surface area contributed by atoms with E-state index in [4.69, 9.17) is 16.3 Å². The lowest BCUT2D eigenvalue weighted by atomic mass is 9.99. The van der Waals surface area contributed by atoms with Crippen molar-refractivity contribution in [1.82, 2.24) is 4.98 Å². The topological polar surface area (TPSA) is 85.6 Å². The van der Waals surface area contributed by atoms with Crippen molar-refractivity contribution < 1.29 is 14.5 Å². The molecule has 1 aromatic rings. The molecule has 2 rings (SSSR count). The molecule has 1 saturated heterocycles. The highest BCUT2D eigenvalue weighted by atomic mass is 35.5. The summed E-state index contributed by atoms with van der Waals surface area (Å²) in [6, 6.07) is 1.24. The minimum absolute atomic E-state index is 0.0438. The number of carbonyl (C=O) groups excluding carboxylic acids is 1. The van der Waals surface area contributed by atoms with Gasteiger partial charge in [-0.1, -0.05) is 11.6 Å². The number of nitrogens with zero attached hydrogens (tertiary/aromatic N) is 3. The molecule has 0 saturated carbocycles. The van der Waals surface area contributed by atoms with Crippen LogP contribution in [0.15, 0.2) is 12.3 Å². The molecule has 2 heterocycles. The summed E-state index contributed by atoms with van der Waals surface area (Å²) in [5.41, 5.74) is -0.148. The predicted octanol–water partition coefficient (Wildman–Crippen LogP) is 2.57. The second kappa shape index (κ2) is 6.71. The molecular weight excluding hydrogens is 298 g/mol. The molecule has 7 nitrogen and oxygen atoms in total. The zero-order chi connectivity index (χ0) is 15.4. The second-order valence-electron chi connectivity index (χ2n) is 4.88. The summed E-state index contributed by atoms with van der Waals surface area (Å²) in [4.78, 5) is 27.7. The van der Waals surface area contributed by atoms with E-state index in [1.165, 1.54) is 19.4 Å². The first-order chi connectivity index (χ1) is 10.0. The summed E-state index contributed by atoms with van der Waals surface area (Å²) in [5.74, 6) is 0.195. The van der Waals surface area contributed by atoms with Gasteiger partial charge in [-0.05, 0) is 19.3 Å². The molecule has 0 amide bonds. The molecule has 0 radical (unpaired) electrons. The summed E-state index contributed by atoms with van der Waals surface area (Å²) < 4.78 is 4.71. The van der Waals surface area contributed by atoms with Crippen molar-refractivity contribution in [2.45, 2.75) is 31.7 Å². The van der Waals surface area contributed by atoms with Crippen LogP contribution in [0.3, 0.4) is 0 Å². The lowest BCUT2D eigenvalue weighted by Crippen LogP contribution is -2.41. The number of aromatic nitrogens is 1. The Morgan fingerprint density at radius 2 is 2.38 bits per heavy atom. The minimum atomic E-state index is -0.537. The molecule has 8 heteroatoms. The molecule has 1 aromatic heterocycles. The van der Waals surface area contributed by atoms with E-state index in [0.717, 1.165) is 19.3 Å². The van der Waals surface area contributed by atoms with Gasteiger partial charge in [-0.2, -0.15) is 0 Å². The third-order valence-electron chi connectivity index (χ3n) is 3.55. The lowest BCUT2D eigenvalue weighted by molar-refractivity contribution is -0.385. The van der Waals surface area contributed by atoms with Crippen LogP contribution in [0.5, 0.6) is 0 Å². The number of anilines is 1. The monoisotopic (exact) mass is 313 g/mol. The van der Waals surface area contributed by atoms with Crippen LogP contribution >= 0.6 is 11.6 Å². The van der Waals surface area contributed by atoms with Crippen molar-refractivity contribution >= 4 is 29.1 Å². The van der Waals surface area contributed by atoms with E-state index in [1.807, 2.05) is 4.90 Å². The Morgan fingerprint density at radius 3 is 3.00 bits per heavy atom. The normalized spacial score (nSPS) is 18.4. The van der Waals surface area contributed by atoms with E-state index < -0.39 is 4.92 Å². The summed E-state index contributed by atoms with van der Waals surface area (Å²) in [6.45, 7) is 0.714. The van der Waals surface area contributed by atoms with Crippen molar-refractivity contribution in [2.24, 2.45) is 0 Å². The molecule has 0 N–H and O–H groups in total. The standard InChI is InChI=1S/C13H16ClN3O4/c1-21-12(18)7-9-4-2-3-5-16(9)13-11(14)6-10(8-15-13)17(19)20/h6,8-9H,2-5,7H2,1H3. The van der Waals surface area contributed by atoms with Crippen LogP contribution in [0.25, 0.3) is 0 Å². The molecular formula is C13H16ClN3O4. The average Bonchev–Trinajstić information content (AvgIpc) is 2.47. The number of piperidine rings is 1. The van der Waals surface area contributed by atoms with Gasteiger partial charge in [0.2, 0.25) is 0 Å². The fourth-order valence-electron chi connectivity index (χ4n) is 2.50. The Balaban J connectivity index is 2.24. The third kappa shape index (κ3) is 3.60. The van der Waals surface area contributed by atoms with E-state index in [1.54, 1.807) is 0 Å². The number of hydrogen-bond donors (Lipinski definition) is 0. The first-order valence-corrected chi connectivity index (χ1v) is 7.04. The minimum Gasteiger partial charge on any atom is -0.469 e. The van der Waals surface area contributed by atoms with Crippen LogP contribution in [-0.4, -0.2) is 35.6 Å². The predicted molar refractivity (Wildman–Crippen MR) is 77.5 cm³/mol. The zero-order valence-electron chi connectivity index (χ0n) is 11.6. The van der Waals surface area contributed by atoms with Gasteiger partial charge in [0.15, 0.2) is 0 Å². The average molecular weight is 314 g/mol. The number of ether oxygens (including phenoxy) is 1. The Kier molecular flexibility index (Phi) is 4.95. The van der Waals surface area contributed by atoms with Gasteiger partial charge in [0.1, 0.15) is 12.0 Å². The Bertz CT molecular complexity index is 552. The number of esters is 1. The molecule has 114 valence electrons. The largest absolute Gasteiger partial charge is 0.469 e. The van der Waals surface area contributed by atoms with E-state index in [-0.39, 0.29) is 29.1 Å². The van der Waals surface area contributed by atoms with Crippen molar-refractivity contribution in [3.8, 4) is 0 Å². The molecule has 1 aliphatic heterocycles. The van der Waals surface area contributed by atoms with Gasteiger partial charge < -0.3 is 9.64 Å². The summed E-state index contributed by atoms with van der Waals surface area (Å²) >= 11 is 6.12. The van der Waals surface area contributed by atoms with Gasteiger partial charge >= 0.3 is 5.97 Å². The van der Waals surface area contributed by atoms with Gasteiger partial charge in [0.25, 0.3) is 5.69 Å². The van der Waals surface area contributed by atoms with Crippen LogP contribution in [0.1, 0.15) is 25.7 Å². The van der Waals surface area contributed by atoms with Crippen molar-refractivity contribution in [3.63, 3.8) is 0 Å². The van der Waals surface area contributed by atoms with Crippen LogP contribution < -0.4 is 4.90 Å². The van der Waals surface area contributed by atoms with Crippen molar-refractivity contribution in [2.75, 3.05) is 18.6 Å². The fraction of sp³-hybridized carbons (Fsp3) is 0.538. The van der Waals surface area contributed by atoms with E-state index in [9.17, 15) is 14.9 Å². The summed E-state index contributed by atoms with van der Waals surface area (Å²) in [6.07, 6.45) is 4.26. The number of rotatable bonds is 4. The van der Waals surface area contributed by atoms with Crippen LogP contribution in [0, 0.1) is 10.1 Å². The highest BCUT2D eigenvalue weighted by Gasteiger charge is 2.28. The highest BCUT2D eigenvalue weighted by molar-refractivity contribution is 6.33. The molecule has 1 fully saturated rings. The zero-order valence-corrected chi connectivity index (χ0v) is 12.4. The number of nitro groups is 1. The first-order valence-electron chi connectivity index (χ1n) is 6.66. The Morgan fingerprint density at radius 1 is 1.62 bits per heavy atom.